The predicted molar refractivity (Wildman–Crippen MR) is 86.0 cm³/mol. The standard InChI is InChI=1S/C16H25N3O3/c1-12(15(20)18-16(21)17-2)19(3)11-5-6-13-7-9-14(22-4)10-8-13/h7-10,12H,5-6,11H2,1-4H3,(H2,17,18,20,21)/t12-/m1/s1. The summed E-state index contributed by atoms with van der Waals surface area (Å²) in [7, 11) is 5.00. The van der Waals surface area contributed by atoms with Crippen molar-refractivity contribution in [2.75, 3.05) is 27.7 Å². The van der Waals surface area contributed by atoms with E-state index in [0.717, 1.165) is 25.1 Å². The number of rotatable bonds is 7. The summed E-state index contributed by atoms with van der Waals surface area (Å²) in [5, 5.41) is 4.65. The molecule has 0 aliphatic heterocycles. The van der Waals surface area contributed by atoms with Crippen molar-refractivity contribution in [2.24, 2.45) is 0 Å². The number of urea groups is 1. The number of hydrogen-bond donors (Lipinski definition) is 2. The van der Waals surface area contributed by atoms with Gasteiger partial charge in [-0.3, -0.25) is 15.0 Å². The molecule has 6 heteroatoms. The Kier molecular flexibility index (Phi) is 7.39. The van der Waals surface area contributed by atoms with Gasteiger partial charge in [-0.2, -0.15) is 0 Å². The Balaban J connectivity index is 2.36. The first kappa shape index (κ1) is 18.0. The van der Waals surface area contributed by atoms with E-state index in [1.165, 1.54) is 12.6 Å². The maximum absolute atomic E-state index is 11.8. The van der Waals surface area contributed by atoms with Gasteiger partial charge in [0, 0.05) is 7.05 Å². The Morgan fingerprint density at radius 3 is 2.45 bits per heavy atom. The highest BCUT2D eigenvalue weighted by atomic mass is 16.5. The lowest BCUT2D eigenvalue weighted by Gasteiger charge is -2.23. The maximum Gasteiger partial charge on any atom is 0.321 e. The summed E-state index contributed by atoms with van der Waals surface area (Å²) >= 11 is 0. The molecule has 0 radical (unpaired) electrons. The second-order valence-electron chi connectivity index (χ2n) is 5.18. The van der Waals surface area contributed by atoms with Crippen molar-refractivity contribution >= 4 is 11.9 Å². The van der Waals surface area contributed by atoms with Crippen molar-refractivity contribution in [3.8, 4) is 5.75 Å². The number of aryl methyl sites for hydroxylation is 1. The van der Waals surface area contributed by atoms with Gasteiger partial charge in [0.15, 0.2) is 0 Å². The van der Waals surface area contributed by atoms with Crippen LogP contribution in [0.2, 0.25) is 0 Å². The number of likely N-dealkylation sites (N-methyl/N-ethyl adjacent to an activating group) is 1. The minimum absolute atomic E-state index is 0.300. The molecule has 0 unspecified atom stereocenters. The molecule has 1 aromatic carbocycles. The minimum atomic E-state index is -0.483. The highest BCUT2D eigenvalue weighted by Gasteiger charge is 2.19. The molecule has 3 amide bonds. The third-order valence-electron chi connectivity index (χ3n) is 3.64. The van der Waals surface area contributed by atoms with Crippen LogP contribution in [0.1, 0.15) is 18.9 Å². The molecular formula is C16H25N3O3. The molecular weight excluding hydrogens is 282 g/mol. The number of methoxy groups -OCH3 is 1. The Bertz CT molecular complexity index is 488. The molecule has 0 aliphatic carbocycles. The lowest BCUT2D eigenvalue weighted by molar-refractivity contribution is -0.124. The molecule has 0 saturated heterocycles. The van der Waals surface area contributed by atoms with E-state index in [9.17, 15) is 9.59 Å². The number of hydrogen-bond acceptors (Lipinski definition) is 4. The zero-order valence-electron chi connectivity index (χ0n) is 13.7. The van der Waals surface area contributed by atoms with Crippen LogP contribution in [0.5, 0.6) is 5.75 Å². The third-order valence-corrected chi connectivity index (χ3v) is 3.64. The van der Waals surface area contributed by atoms with Gasteiger partial charge in [0.05, 0.1) is 13.2 Å². The van der Waals surface area contributed by atoms with Crippen molar-refractivity contribution in [1.82, 2.24) is 15.5 Å². The maximum atomic E-state index is 11.8. The fraction of sp³-hybridized carbons (Fsp3) is 0.500. The van der Waals surface area contributed by atoms with E-state index < -0.39 is 6.03 Å². The summed E-state index contributed by atoms with van der Waals surface area (Å²) in [6.07, 6.45) is 1.86. The first-order chi connectivity index (χ1) is 10.5. The highest BCUT2D eigenvalue weighted by Crippen LogP contribution is 2.12. The Morgan fingerprint density at radius 2 is 1.91 bits per heavy atom. The average molecular weight is 307 g/mol. The van der Waals surface area contributed by atoms with E-state index in [1.54, 1.807) is 14.0 Å². The van der Waals surface area contributed by atoms with Gasteiger partial charge in [0.2, 0.25) is 5.91 Å². The topological polar surface area (TPSA) is 70.7 Å². The van der Waals surface area contributed by atoms with Crippen LogP contribution in [0, 0.1) is 0 Å². The van der Waals surface area contributed by atoms with E-state index in [4.69, 9.17) is 4.74 Å². The number of amides is 3. The molecule has 1 aromatic rings. The van der Waals surface area contributed by atoms with E-state index >= 15 is 0 Å². The van der Waals surface area contributed by atoms with Crippen molar-refractivity contribution in [1.29, 1.82) is 0 Å². The van der Waals surface area contributed by atoms with Crippen LogP contribution in [-0.2, 0) is 11.2 Å². The summed E-state index contributed by atoms with van der Waals surface area (Å²) in [4.78, 5) is 24.9. The largest absolute Gasteiger partial charge is 0.497 e. The van der Waals surface area contributed by atoms with Crippen molar-refractivity contribution in [3.05, 3.63) is 29.8 Å². The predicted octanol–water partition coefficient (Wildman–Crippen LogP) is 1.40. The van der Waals surface area contributed by atoms with Gasteiger partial charge < -0.3 is 10.1 Å². The number of nitrogens with zero attached hydrogens (tertiary/aromatic N) is 1. The summed E-state index contributed by atoms with van der Waals surface area (Å²) < 4.78 is 5.13. The van der Waals surface area contributed by atoms with Gasteiger partial charge in [0.25, 0.3) is 0 Å². The van der Waals surface area contributed by atoms with E-state index in [0.29, 0.717) is 0 Å². The first-order valence-corrected chi connectivity index (χ1v) is 7.33. The van der Waals surface area contributed by atoms with Gasteiger partial charge in [-0.1, -0.05) is 12.1 Å². The molecule has 1 atom stereocenters. The van der Waals surface area contributed by atoms with E-state index in [-0.39, 0.29) is 11.9 Å². The van der Waals surface area contributed by atoms with Crippen molar-refractivity contribution in [3.63, 3.8) is 0 Å². The zero-order chi connectivity index (χ0) is 16.5. The lowest BCUT2D eigenvalue weighted by atomic mass is 10.1. The molecule has 0 heterocycles. The summed E-state index contributed by atoms with van der Waals surface area (Å²) in [5.41, 5.74) is 1.23. The minimum Gasteiger partial charge on any atom is -0.497 e. The number of ether oxygens (including phenoxy) is 1. The summed E-state index contributed by atoms with van der Waals surface area (Å²) in [6, 6.07) is 7.13. The first-order valence-electron chi connectivity index (χ1n) is 7.33. The number of carbonyl (C=O) groups excluding carboxylic acids is 2. The monoisotopic (exact) mass is 307 g/mol. The van der Waals surface area contributed by atoms with E-state index in [1.807, 2.05) is 36.2 Å². The Labute approximate surface area is 131 Å². The van der Waals surface area contributed by atoms with Crippen LogP contribution < -0.4 is 15.4 Å². The number of benzene rings is 1. The molecule has 1 rings (SSSR count). The highest BCUT2D eigenvalue weighted by molar-refractivity contribution is 5.96. The van der Waals surface area contributed by atoms with Crippen molar-refractivity contribution in [2.45, 2.75) is 25.8 Å². The molecule has 0 aromatic heterocycles. The molecule has 122 valence electrons. The van der Waals surface area contributed by atoms with Crippen LogP contribution in [0.15, 0.2) is 24.3 Å². The molecule has 22 heavy (non-hydrogen) atoms. The quantitative estimate of drug-likeness (QED) is 0.799. The Morgan fingerprint density at radius 1 is 1.27 bits per heavy atom. The van der Waals surface area contributed by atoms with Crippen molar-refractivity contribution < 1.29 is 14.3 Å². The molecule has 0 spiro atoms. The average Bonchev–Trinajstić information content (AvgIpc) is 2.54. The van der Waals surface area contributed by atoms with E-state index in [2.05, 4.69) is 10.6 Å². The fourth-order valence-electron chi connectivity index (χ4n) is 2.00. The molecule has 6 nitrogen and oxygen atoms in total. The zero-order valence-corrected chi connectivity index (χ0v) is 13.7. The third kappa shape index (κ3) is 5.73. The smallest absolute Gasteiger partial charge is 0.321 e. The van der Waals surface area contributed by atoms with Crippen LogP contribution in [0.3, 0.4) is 0 Å². The van der Waals surface area contributed by atoms with Gasteiger partial charge in [-0.05, 0) is 51.1 Å². The van der Waals surface area contributed by atoms with Crippen LogP contribution in [0.25, 0.3) is 0 Å². The molecule has 0 fully saturated rings. The number of carbonyl (C=O) groups is 2. The number of nitrogens with one attached hydrogen (secondary N) is 2. The second-order valence-corrected chi connectivity index (χ2v) is 5.18. The van der Waals surface area contributed by atoms with Crippen LogP contribution in [-0.4, -0.2) is 50.6 Å². The summed E-state index contributed by atoms with van der Waals surface area (Å²) in [6.45, 7) is 2.56. The molecule has 2 N–H and O–H groups in total. The SMILES string of the molecule is CNC(=O)NC(=O)[C@@H](C)N(C)CCCc1ccc(OC)cc1. The van der Waals surface area contributed by atoms with Gasteiger partial charge in [-0.15, -0.1) is 0 Å². The Hall–Kier alpha value is -2.08. The fourth-order valence-corrected chi connectivity index (χ4v) is 2.00. The normalized spacial score (nSPS) is 11.9. The van der Waals surface area contributed by atoms with Crippen LogP contribution in [0.4, 0.5) is 4.79 Å². The van der Waals surface area contributed by atoms with Gasteiger partial charge in [-0.25, -0.2) is 4.79 Å². The molecule has 0 aliphatic rings. The van der Waals surface area contributed by atoms with Gasteiger partial charge in [0.1, 0.15) is 5.75 Å². The van der Waals surface area contributed by atoms with Crippen LogP contribution >= 0.6 is 0 Å². The lowest BCUT2D eigenvalue weighted by Crippen LogP contribution is -2.48. The molecule has 0 saturated carbocycles. The summed E-state index contributed by atoms with van der Waals surface area (Å²) in [5.74, 6) is 0.548. The van der Waals surface area contributed by atoms with Gasteiger partial charge >= 0.3 is 6.03 Å². The number of imide groups is 1. The molecule has 0 bridgehead atoms. The second kappa shape index (κ2) is 9.04.